The van der Waals surface area contributed by atoms with Crippen LogP contribution < -0.4 is 5.32 Å². The molecule has 8 heteroatoms. The molecule has 1 aromatic carbocycles. The second-order valence-electron chi connectivity index (χ2n) is 6.70. The second-order valence-corrected chi connectivity index (χ2v) is 6.70. The lowest BCUT2D eigenvalue weighted by atomic mass is 9.96. The number of anilines is 1. The smallest absolute Gasteiger partial charge is 0.337 e. The zero-order valence-corrected chi connectivity index (χ0v) is 16.4. The van der Waals surface area contributed by atoms with Crippen molar-refractivity contribution >= 4 is 29.4 Å². The molecule has 1 fully saturated rings. The van der Waals surface area contributed by atoms with Crippen LogP contribution in [-0.4, -0.2) is 56.0 Å². The molecule has 2 rings (SSSR count). The number of hydrogen-bond acceptors (Lipinski definition) is 6. The van der Waals surface area contributed by atoms with Gasteiger partial charge in [0.2, 0.25) is 11.8 Å². The van der Waals surface area contributed by atoms with Gasteiger partial charge in [0.15, 0.2) is 0 Å². The van der Waals surface area contributed by atoms with E-state index in [1.165, 1.54) is 32.4 Å². The van der Waals surface area contributed by atoms with Crippen LogP contribution in [0.4, 0.5) is 5.69 Å². The first-order valence-electron chi connectivity index (χ1n) is 9.30. The third-order valence-corrected chi connectivity index (χ3v) is 4.65. The van der Waals surface area contributed by atoms with Crippen molar-refractivity contribution in [2.24, 2.45) is 5.92 Å². The number of hydrogen-bond donors (Lipinski definition) is 1. The van der Waals surface area contributed by atoms with Crippen molar-refractivity contribution in [3.05, 3.63) is 29.3 Å². The summed E-state index contributed by atoms with van der Waals surface area (Å²) in [4.78, 5) is 50.3. The van der Waals surface area contributed by atoms with Crippen LogP contribution in [0.25, 0.3) is 0 Å². The monoisotopic (exact) mass is 390 g/mol. The van der Waals surface area contributed by atoms with Gasteiger partial charge in [0.1, 0.15) is 0 Å². The molecule has 0 saturated carbocycles. The Bertz CT molecular complexity index is 727. The van der Waals surface area contributed by atoms with Crippen LogP contribution in [0.15, 0.2) is 18.2 Å². The van der Waals surface area contributed by atoms with E-state index < -0.39 is 11.9 Å². The fourth-order valence-corrected chi connectivity index (χ4v) is 3.21. The number of likely N-dealkylation sites (tertiary alicyclic amines) is 1. The van der Waals surface area contributed by atoms with Crippen LogP contribution in [0, 0.1) is 5.92 Å². The number of nitrogens with zero attached hydrogens (tertiary/aromatic N) is 1. The number of piperidine rings is 1. The largest absolute Gasteiger partial charge is 0.465 e. The highest BCUT2D eigenvalue weighted by Gasteiger charge is 2.28. The van der Waals surface area contributed by atoms with Crippen LogP contribution in [0.2, 0.25) is 0 Å². The summed E-state index contributed by atoms with van der Waals surface area (Å²) in [6.45, 7) is 2.97. The molecule has 1 aliphatic heterocycles. The zero-order chi connectivity index (χ0) is 20.7. The van der Waals surface area contributed by atoms with Crippen LogP contribution in [0.3, 0.4) is 0 Å². The van der Waals surface area contributed by atoms with Crippen molar-refractivity contribution in [1.82, 2.24) is 4.90 Å². The summed E-state index contributed by atoms with van der Waals surface area (Å²) >= 11 is 0. The number of benzene rings is 1. The molecule has 28 heavy (non-hydrogen) atoms. The molecular weight excluding hydrogens is 364 g/mol. The zero-order valence-electron chi connectivity index (χ0n) is 16.4. The Hall–Kier alpha value is -2.90. The van der Waals surface area contributed by atoms with Gasteiger partial charge >= 0.3 is 11.9 Å². The van der Waals surface area contributed by atoms with Gasteiger partial charge in [-0.1, -0.05) is 6.92 Å². The molecule has 1 aromatic rings. The number of rotatable bonds is 6. The number of carbonyl (C=O) groups excluding carboxylic acids is 4. The molecule has 0 radical (unpaired) electrons. The first-order chi connectivity index (χ1) is 13.4. The summed E-state index contributed by atoms with van der Waals surface area (Å²) in [5, 5.41) is 2.75. The maximum atomic E-state index is 12.7. The Kier molecular flexibility index (Phi) is 7.54. The topological polar surface area (TPSA) is 102 Å². The predicted octanol–water partition coefficient (Wildman–Crippen LogP) is 2.24. The first-order valence-corrected chi connectivity index (χ1v) is 9.30. The van der Waals surface area contributed by atoms with Gasteiger partial charge in [-0.2, -0.15) is 0 Å². The molecule has 8 nitrogen and oxygen atoms in total. The summed E-state index contributed by atoms with van der Waals surface area (Å²) < 4.78 is 9.39. The highest BCUT2D eigenvalue weighted by Crippen LogP contribution is 2.22. The van der Waals surface area contributed by atoms with Crippen molar-refractivity contribution in [3.8, 4) is 0 Å². The maximum absolute atomic E-state index is 12.7. The molecule has 1 heterocycles. The van der Waals surface area contributed by atoms with Gasteiger partial charge in [0, 0.05) is 25.2 Å². The van der Waals surface area contributed by atoms with Crippen LogP contribution in [-0.2, 0) is 19.1 Å². The van der Waals surface area contributed by atoms with Gasteiger partial charge in [0.25, 0.3) is 0 Å². The summed E-state index contributed by atoms with van der Waals surface area (Å²) in [5.41, 5.74) is 0.554. The Labute approximate surface area is 164 Å². The van der Waals surface area contributed by atoms with E-state index in [2.05, 4.69) is 5.32 Å². The van der Waals surface area contributed by atoms with Gasteiger partial charge in [-0.25, -0.2) is 9.59 Å². The molecule has 1 saturated heterocycles. The molecule has 152 valence electrons. The van der Waals surface area contributed by atoms with E-state index in [-0.39, 0.29) is 28.9 Å². The van der Waals surface area contributed by atoms with E-state index in [1.807, 2.05) is 6.92 Å². The molecule has 1 N–H and O–H groups in total. The van der Waals surface area contributed by atoms with Crippen molar-refractivity contribution in [3.63, 3.8) is 0 Å². The Morgan fingerprint density at radius 3 is 2.21 bits per heavy atom. The highest BCUT2D eigenvalue weighted by atomic mass is 16.5. The number of carbonyl (C=O) groups is 4. The van der Waals surface area contributed by atoms with E-state index in [9.17, 15) is 19.2 Å². The van der Waals surface area contributed by atoms with Gasteiger partial charge in [-0.15, -0.1) is 0 Å². The maximum Gasteiger partial charge on any atom is 0.337 e. The average molecular weight is 390 g/mol. The van der Waals surface area contributed by atoms with Crippen molar-refractivity contribution in [2.75, 3.05) is 32.6 Å². The fourth-order valence-electron chi connectivity index (χ4n) is 3.21. The summed E-state index contributed by atoms with van der Waals surface area (Å²) in [6, 6.07) is 4.23. The molecule has 0 aliphatic carbocycles. The molecule has 1 atom stereocenters. The Morgan fingerprint density at radius 2 is 1.68 bits per heavy atom. The standard InChI is InChI=1S/C20H26N2O6/c1-4-6-17(23)22-8-5-7-13(12-22)18(24)21-16-10-14(19(25)27-2)9-15(11-16)20(26)28-3/h9-11,13H,4-8,12H2,1-3H3,(H,21,24). The molecule has 1 unspecified atom stereocenters. The quantitative estimate of drug-likeness (QED) is 0.748. The summed E-state index contributed by atoms with van der Waals surface area (Å²) in [7, 11) is 2.46. The molecule has 2 amide bonds. The number of esters is 2. The molecule has 0 bridgehead atoms. The van der Waals surface area contributed by atoms with E-state index >= 15 is 0 Å². The SMILES string of the molecule is CCCC(=O)N1CCCC(C(=O)Nc2cc(C(=O)OC)cc(C(=O)OC)c2)C1. The van der Waals surface area contributed by atoms with Gasteiger partial charge < -0.3 is 19.7 Å². The van der Waals surface area contributed by atoms with Crippen LogP contribution in [0.5, 0.6) is 0 Å². The molecular formula is C20H26N2O6. The second kappa shape index (κ2) is 9.87. The number of ether oxygens (including phenoxy) is 2. The molecule has 0 spiro atoms. The van der Waals surface area contributed by atoms with E-state index in [4.69, 9.17) is 9.47 Å². The number of methoxy groups -OCH3 is 2. The Morgan fingerprint density at radius 1 is 1.07 bits per heavy atom. The highest BCUT2D eigenvalue weighted by molar-refractivity contribution is 6.00. The first kappa shape index (κ1) is 21.4. The Balaban J connectivity index is 2.17. The number of amides is 2. The third-order valence-electron chi connectivity index (χ3n) is 4.65. The van der Waals surface area contributed by atoms with Crippen molar-refractivity contribution < 1.29 is 28.7 Å². The lowest BCUT2D eigenvalue weighted by Crippen LogP contribution is -2.43. The minimum Gasteiger partial charge on any atom is -0.465 e. The fraction of sp³-hybridized carbons (Fsp3) is 0.500. The predicted molar refractivity (Wildman–Crippen MR) is 102 cm³/mol. The van der Waals surface area contributed by atoms with Crippen molar-refractivity contribution in [1.29, 1.82) is 0 Å². The van der Waals surface area contributed by atoms with Gasteiger partial charge in [-0.3, -0.25) is 9.59 Å². The van der Waals surface area contributed by atoms with Gasteiger partial charge in [0.05, 0.1) is 31.3 Å². The van der Waals surface area contributed by atoms with Crippen molar-refractivity contribution in [2.45, 2.75) is 32.6 Å². The lowest BCUT2D eigenvalue weighted by molar-refractivity contribution is -0.134. The minimum absolute atomic E-state index is 0.0562. The minimum atomic E-state index is -0.629. The normalized spacial score (nSPS) is 16.2. The molecule has 1 aliphatic rings. The van der Waals surface area contributed by atoms with E-state index in [1.54, 1.807) is 4.90 Å². The number of nitrogens with one attached hydrogen (secondary N) is 1. The summed E-state index contributed by atoms with van der Waals surface area (Å²) in [5.74, 6) is -1.81. The summed E-state index contributed by atoms with van der Waals surface area (Å²) in [6.07, 6.45) is 2.66. The van der Waals surface area contributed by atoms with E-state index in [0.717, 1.165) is 12.8 Å². The third kappa shape index (κ3) is 5.31. The van der Waals surface area contributed by atoms with E-state index in [0.29, 0.717) is 31.6 Å². The van der Waals surface area contributed by atoms with Gasteiger partial charge in [-0.05, 0) is 37.5 Å². The molecule has 0 aromatic heterocycles. The average Bonchev–Trinajstić information content (AvgIpc) is 2.72. The van der Waals surface area contributed by atoms with Crippen LogP contribution >= 0.6 is 0 Å². The van der Waals surface area contributed by atoms with Crippen LogP contribution in [0.1, 0.15) is 53.3 Å². The lowest BCUT2D eigenvalue weighted by Gasteiger charge is -2.32.